The molecule has 18 heavy (non-hydrogen) atoms. The van der Waals surface area contributed by atoms with Gasteiger partial charge in [-0.05, 0) is 26.2 Å². The number of aliphatic imine (C=N–C) groups is 1. The minimum atomic E-state index is 0.257. The van der Waals surface area contributed by atoms with Crippen molar-refractivity contribution in [1.82, 2.24) is 10.3 Å². The minimum Gasteiger partial charge on any atom is -0.356 e. The van der Waals surface area contributed by atoms with Crippen LogP contribution in [0, 0.1) is 12.8 Å². The maximum absolute atomic E-state index is 4.75. The number of hydrogen-bond donors (Lipinski definition) is 1. The molecule has 0 radical (unpaired) electrons. The van der Waals surface area contributed by atoms with Crippen LogP contribution in [-0.2, 0) is 0 Å². The molecule has 1 N–H and O–H groups in total. The van der Waals surface area contributed by atoms with Gasteiger partial charge in [-0.2, -0.15) is 0 Å². The van der Waals surface area contributed by atoms with E-state index >= 15 is 0 Å². The summed E-state index contributed by atoms with van der Waals surface area (Å²) in [6.45, 7) is 8.70. The van der Waals surface area contributed by atoms with E-state index in [1.165, 1.54) is 6.42 Å². The van der Waals surface area contributed by atoms with E-state index in [0.29, 0.717) is 6.04 Å². The Balaban J connectivity index is 1.90. The molecule has 1 aliphatic rings. The predicted octanol–water partition coefficient (Wildman–Crippen LogP) is 3.62. The summed E-state index contributed by atoms with van der Waals surface area (Å²) in [6, 6.07) is 0.746. The van der Waals surface area contributed by atoms with E-state index in [9.17, 15) is 0 Å². The second-order valence-corrected chi connectivity index (χ2v) is 7.12. The average Bonchev–Trinajstić information content (AvgIpc) is 2.87. The number of thiazole rings is 1. The van der Waals surface area contributed by atoms with Crippen molar-refractivity contribution >= 4 is 28.3 Å². The first kappa shape index (κ1) is 13.9. The molecule has 2 unspecified atom stereocenters. The van der Waals surface area contributed by atoms with Crippen molar-refractivity contribution in [3.05, 3.63) is 16.1 Å². The smallest absolute Gasteiger partial charge is 0.157 e. The fourth-order valence-corrected chi connectivity index (χ4v) is 3.83. The van der Waals surface area contributed by atoms with Gasteiger partial charge in [-0.15, -0.1) is 11.3 Å². The number of rotatable bonds is 4. The standard InChI is InChI=1S/C13H21N3S2/c1-8(2)5-11-7-18-13(16-11)15-10(4)12-14-9(3)6-17-12/h6,8,10-11H,5,7H2,1-4H3,(H,15,16). The van der Waals surface area contributed by atoms with E-state index < -0.39 is 0 Å². The number of aromatic nitrogens is 1. The van der Waals surface area contributed by atoms with Crippen molar-refractivity contribution in [2.75, 3.05) is 5.75 Å². The quantitative estimate of drug-likeness (QED) is 0.917. The Morgan fingerprint density at radius 2 is 2.22 bits per heavy atom. The summed E-state index contributed by atoms with van der Waals surface area (Å²) in [6.07, 6.45) is 1.18. The molecule has 0 saturated carbocycles. The second kappa shape index (κ2) is 6.06. The molecule has 2 atom stereocenters. The largest absolute Gasteiger partial charge is 0.356 e. The highest BCUT2D eigenvalue weighted by atomic mass is 32.2. The van der Waals surface area contributed by atoms with Crippen LogP contribution in [0.5, 0.6) is 0 Å². The summed E-state index contributed by atoms with van der Waals surface area (Å²) in [5, 5.41) is 7.79. The molecule has 2 rings (SSSR count). The first-order chi connectivity index (χ1) is 8.54. The van der Waals surface area contributed by atoms with Gasteiger partial charge in [-0.25, -0.2) is 4.98 Å². The number of nitrogens with zero attached hydrogens (tertiary/aromatic N) is 2. The third-order valence-corrected chi connectivity index (χ3v) is 5.00. The Morgan fingerprint density at radius 3 is 2.83 bits per heavy atom. The fourth-order valence-electron chi connectivity index (χ4n) is 1.98. The molecular weight excluding hydrogens is 262 g/mol. The molecule has 0 fully saturated rings. The Labute approximate surface area is 118 Å². The zero-order valence-electron chi connectivity index (χ0n) is 11.4. The van der Waals surface area contributed by atoms with Crippen LogP contribution in [0.3, 0.4) is 0 Å². The lowest BCUT2D eigenvalue weighted by Crippen LogP contribution is -2.23. The van der Waals surface area contributed by atoms with E-state index in [4.69, 9.17) is 4.99 Å². The van der Waals surface area contributed by atoms with Crippen molar-refractivity contribution in [1.29, 1.82) is 0 Å². The SMILES string of the molecule is Cc1csc(C(C)NC2=NC(CC(C)C)CS2)n1. The van der Waals surface area contributed by atoms with Gasteiger partial charge in [0.15, 0.2) is 5.17 Å². The van der Waals surface area contributed by atoms with Gasteiger partial charge in [-0.1, -0.05) is 25.6 Å². The molecule has 1 aromatic rings. The molecule has 0 saturated heterocycles. The van der Waals surface area contributed by atoms with Crippen LogP contribution in [-0.4, -0.2) is 21.9 Å². The van der Waals surface area contributed by atoms with Crippen molar-refractivity contribution < 1.29 is 0 Å². The molecule has 0 amide bonds. The van der Waals surface area contributed by atoms with Gasteiger partial charge in [0.2, 0.25) is 0 Å². The van der Waals surface area contributed by atoms with Crippen LogP contribution in [0.15, 0.2) is 10.4 Å². The van der Waals surface area contributed by atoms with E-state index in [2.05, 4.69) is 36.5 Å². The number of amidine groups is 1. The van der Waals surface area contributed by atoms with Crippen LogP contribution >= 0.6 is 23.1 Å². The minimum absolute atomic E-state index is 0.257. The molecule has 3 nitrogen and oxygen atoms in total. The van der Waals surface area contributed by atoms with Crippen molar-refractivity contribution in [3.8, 4) is 0 Å². The maximum Gasteiger partial charge on any atom is 0.157 e. The lowest BCUT2D eigenvalue weighted by molar-refractivity contribution is 0.528. The van der Waals surface area contributed by atoms with Crippen LogP contribution in [0.1, 0.15) is 43.9 Å². The van der Waals surface area contributed by atoms with Crippen LogP contribution in [0.25, 0.3) is 0 Å². The van der Waals surface area contributed by atoms with Gasteiger partial charge >= 0.3 is 0 Å². The Hall–Kier alpha value is -0.550. The van der Waals surface area contributed by atoms with Gasteiger partial charge < -0.3 is 5.32 Å². The fraction of sp³-hybridized carbons (Fsp3) is 0.692. The molecule has 2 heterocycles. The Kier molecular flexibility index (Phi) is 4.67. The van der Waals surface area contributed by atoms with E-state index in [0.717, 1.165) is 27.5 Å². The highest BCUT2D eigenvalue weighted by Gasteiger charge is 2.21. The zero-order chi connectivity index (χ0) is 13.1. The van der Waals surface area contributed by atoms with Gasteiger partial charge in [0.1, 0.15) is 5.01 Å². The van der Waals surface area contributed by atoms with E-state index in [1.54, 1.807) is 11.3 Å². The van der Waals surface area contributed by atoms with Gasteiger partial charge in [-0.3, -0.25) is 4.99 Å². The number of aryl methyl sites for hydroxylation is 1. The Morgan fingerprint density at radius 1 is 1.44 bits per heavy atom. The molecule has 0 aliphatic carbocycles. The lowest BCUT2D eigenvalue weighted by atomic mass is 10.1. The summed E-state index contributed by atoms with van der Waals surface area (Å²) in [5.41, 5.74) is 1.10. The summed E-state index contributed by atoms with van der Waals surface area (Å²) in [4.78, 5) is 9.26. The number of nitrogens with one attached hydrogen (secondary N) is 1. The maximum atomic E-state index is 4.75. The average molecular weight is 283 g/mol. The van der Waals surface area contributed by atoms with E-state index in [1.807, 2.05) is 18.7 Å². The Bertz CT molecular complexity index is 426. The van der Waals surface area contributed by atoms with Crippen LogP contribution < -0.4 is 5.32 Å². The first-order valence-corrected chi connectivity index (χ1v) is 8.30. The predicted molar refractivity (Wildman–Crippen MR) is 81.5 cm³/mol. The molecule has 1 aliphatic heterocycles. The molecule has 0 spiro atoms. The highest BCUT2D eigenvalue weighted by molar-refractivity contribution is 8.14. The van der Waals surface area contributed by atoms with Crippen LogP contribution in [0.2, 0.25) is 0 Å². The lowest BCUT2D eigenvalue weighted by Gasteiger charge is -2.11. The topological polar surface area (TPSA) is 37.3 Å². The third kappa shape index (κ3) is 3.72. The monoisotopic (exact) mass is 283 g/mol. The van der Waals surface area contributed by atoms with Gasteiger partial charge in [0.05, 0.1) is 12.1 Å². The molecule has 0 aromatic carbocycles. The second-order valence-electron chi connectivity index (χ2n) is 5.22. The third-order valence-electron chi connectivity index (χ3n) is 2.80. The summed E-state index contributed by atoms with van der Waals surface area (Å²) in [5.74, 6) is 1.84. The summed E-state index contributed by atoms with van der Waals surface area (Å²) in [7, 11) is 0. The summed E-state index contributed by atoms with van der Waals surface area (Å²) >= 11 is 3.55. The molecule has 5 heteroatoms. The van der Waals surface area contributed by atoms with E-state index in [-0.39, 0.29) is 6.04 Å². The zero-order valence-corrected chi connectivity index (χ0v) is 13.1. The molecule has 1 aromatic heterocycles. The first-order valence-electron chi connectivity index (χ1n) is 6.43. The summed E-state index contributed by atoms with van der Waals surface area (Å²) < 4.78 is 0. The van der Waals surface area contributed by atoms with Gasteiger partial charge in [0, 0.05) is 16.8 Å². The molecule has 100 valence electrons. The van der Waals surface area contributed by atoms with Crippen molar-refractivity contribution in [3.63, 3.8) is 0 Å². The van der Waals surface area contributed by atoms with Crippen molar-refractivity contribution in [2.45, 2.75) is 46.2 Å². The van der Waals surface area contributed by atoms with Crippen molar-refractivity contribution in [2.24, 2.45) is 10.9 Å². The van der Waals surface area contributed by atoms with Crippen LogP contribution in [0.4, 0.5) is 0 Å². The number of hydrogen-bond acceptors (Lipinski definition) is 5. The molecule has 0 bridgehead atoms. The van der Waals surface area contributed by atoms with Gasteiger partial charge in [0.25, 0.3) is 0 Å². The normalized spacial score (nSPS) is 21.2. The molecular formula is C13H21N3S2. The number of thioether (sulfide) groups is 1. The highest BCUT2D eigenvalue weighted by Crippen LogP contribution is 2.24.